The fourth-order valence-electron chi connectivity index (χ4n) is 0.934. The molecule has 1 heterocycles. The van der Waals surface area contributed by atoms with Crippen molar-refractivity contribution in [1.29, 1.82) is 0 Å². The van der Waals surface area contributed by atoms with E-state index in [0.717, 1.165) is 11.4 Å². The van der Waals surface area contributed by atoms with Crippen LogP contribution in [0.3, 0.4) is 0 Å². The molecule has 4 nitrogen and oxygen atoms in total. The maximum absolute atomic E-state index is 10.5. The quantitative estimate of drug-likeness (QED) is 0.641. The number of aromatic nitrogens is 2. The fraction of sp³-hybridized carbons (Fsp3) is 0.444. The highest BCUT2D eigenvalue weighted by Gasteiger charge is 2.03. The predicted octanol–water partition coefficient (Wildman–Crippen LogP) is 1.16. The molecule has 0 aromatic carbocycles. The lowest BCUT2D eigenvalue weighted by atomic mass is 10.3. The minimum Gasteiger partial charge on any atom is -0.459 e. The second-order valence-electron chi connectivity index (χ2n) is 2.82. The number of ether oxygens (including phenoxy) is 1. The molecule has 70 valence electrons. The van der Waals surface area contributed by atoms with Crippen molar-refractivity contribution in [3.05, 3.63) is 23.3 Å². The molecule has 4 heteroatoms. The molecule has 0 aliphatic heterocycles. The summed E-state index contributed by atoms with van der Waals surface area (Å²) in [5.41, 5.74) is 2.38. The normalized spacial score (nSPS) is 9.77. The second kappa shape index (κ2) is 3.98. The molecule has 0 radical (unpaired) electrons. The van der Waals surface area contributed by atoms with E-state index in [-0.39, 0.29) is 12.6 Å². The Kier molecular flexibility index (Phi) is 2.95. The average molecular weight is 180 g/mol. The number of rotatable bonds is 2. The van der Waals surface area contributed by atoms with Crippen LogP contribution in [0.2, 0.25) is 0 Å². The van der Waals surface area contributed by atoms with Gasteiger partial charge in [-0.1, -0.05) is 0 Å². The van der Waals surface area contributed by atoms with Gasteiger partial charge in [0.2, 0.25) is 0 Å². The third-order valence-electron chi connectivity index (χ3n) is 1.58. The first-order chi connectivity index (χ1) is 6.09. The zero-order valence-electron chi connectivity index (χ0n) is 8.00. The Balaban J connectivity index is 2.72. The largest absolute Gasteiger partial charge is 0.459 e. The van der Waals surface area contributed by atoms with Crippen LogP contribution < -0.4 is 0 Å². The van der Waals surface area contributed by atoms with Gasteiger partial charge in [0.25, 0.3) is 0 Å². The Labute approximate surface area is 77.0 Å². The van der Waals surface area contributed by atoms with E-state index < -0.39 is 0 Å². The molecule has 1 aromatic rings. The van der Waals surface area contributed by atoms with Crippen LogP contribution in [0.15, 0.2) is 6.20 Å². The van der Waals surface area contributed by atoms with Crippen molar-refractivity contribution in [2.24, 2.45) is 0 Å². The van der Waals surface area contributed by atoms with E-state index in [2.05, 4.69) is 9.97 Å². The lowest BCUT2D eigenvalue weighted by Gasteiger charge is -2.04. The van der Waals surface area contributed by atoms with E-state index >= 15 is 0 Å². The molecular weight excluding hydrogens is 168 g/mol. The summed E-state index contributed by atoms with van der Waals surface area (Å²) in [7, 11) is 0. The lowest BCUT2D eigenvalue weighted by Crippen LogP contribution is -2.04. The van der Waals surface area contributed by atoms with Crippen LogP contribution >= 0.6 is 0 Å². The van der Waals surface area contributed by atoms with Gasteiger partial charge in [0.15, 0.2) is 0 Å². The monoisotopic (exact) mass is 180 g/mol. The highest BCUT2D eigenvalue weighted by atomic mass is 16.5. The first-order valence-corrected chi connectivity index (χ1v) is 4.02. The standard InChI is InChI=1S/C9H12N2O2/c1-6-4-10-9(7(2)11-6)5-13-8(3)12/h4H,5H2,1-3H3. The maximum atomic E-state index is 10.5. The van der Waals surface area contributed by atoms with Crippen molar-refractivity contribution in [3.63, 3.8) is 0 Å². The maximum Gasteiger partial charge on any atom is 0.303 e. The first-order valence-electron chi connectivity index (χ1n) is 4.02. The Bertz CT molecular complexity index is 323. The van der Waals surface area contributed by atoms with E-state index in [1.807, 2.05) is 13.8 Å². The van der Waals surface area contributed by atoms with Crippen LogP contribution in [0, 0.1) is 13.8 Å². The average Bonchev–Trinajstić information content (AvgIpc) is 2.02. The minimum absolute atomic E-state index is 0.203. The van der Waals surface area contributed by atoms with Crippen LogP contribution in [0.4, 0.5) is 0 Å². The Morgan fingerprint density at radius 2 is 2.23 bits per heavy atom. The van der Waals surface area contributed by atoms with Gasteiger partial charge in [0, 0.05) is 13.1 Å². The van der Waals surface area contributed by atoms with Gasteiger partial charge in [-0.15, -0.1) is 0 Å². The molecule has 0 amide bonds. The summed E-state index contributed by atoms with van der Waals surface area (Å²) in [5.74, 6) is -0.304. The third-order valence-corrected chi connectivity index (χ3v) is 1.58. The van der Waals surface area contributed by atoms with E-state index in [1.54, 1.807) is 6.20 Å². The summed E-state index contributed by atoms with van der Waals surface area (Å²) < 4.78 is 4.81. The third kappa shape index (κ3) is 2.82. The molecule has 0 fully saturated rings. The molecule has 0 unspecified atom stereocenters. The van der Waals surface area contributed by atoms with Gasteiger partial charge in [-0.2, -0.15) is 0 Å². The molecule has 0 saturated heterocycles. The van der Waals surface area contributed by atoms with Crippen molar-refractivity contribution in [1.82, 2.24) is 9.97 Å². The number of nitrogens with zero attached hydrogens (tertiary/aromatic N) is 2. The SMILES string of the molecule is CC(=O)OCc1ncc(C)nc1C. The van der Waals surface area contributed by atoms with E-state index in [4.69, 9.17) is 4.74 Å². The fourth-order valence-corrected chi connectivity index (χ4v) is 0.934. The van der Waals surface area contributed by atoms with Crippen molar-refractivity contribution in [2.45, 2.75) is 27.4 Å². The molecule has 0 N–H and O–H groups in total. The molecule has 1 rings (SSSR count). The van der Waals surface area contributed by atoms with E-state index in [1.165, 1.54) is 6.92 Å². The van der Waals surface area contributed by atoms with Gasteiger partial charge in [-0.25, -0.2) is 0 Å². The molecule has 0 saturated carbocycles. The van der Waals surface area contributed by atoms with Crippen LogP contribution in [-0.2, 0) is 16.1 Å². The van der Waals surface area contributed by atoms with Gasteiger partial charge < -0.3 is 4.74 Å². The lowest BCUT2D eigenvalue weighted by molar-refractivity contribution is -0.142. The number of hydrogen-bond donors (Lipinski definition) is 0. The van der Waals surface area contributed by atoms with Crippen LogP contribution in [0.5, 0.6) is 0 Å². The molecule has 0 aliphatic rings. The molecule has 0 bridgehead atoms. The number of carbonyl (C=O) groups is 1. The number of aryl methyl sites for hydroxylation is 2. The van der Waals surface area contributed by atoms with Gasteiger partial charge in [0.1, 0.15) is 6.61 Å². The summed E-state index contributed by atoms with van der Waals surface area (Å²) in [6.45, 7) is 5.29. The predicted molar refractivity (Wildman–Crippen MR) is 47.0 cm³/mol. The number of hydrogen-bond acceptors (Lipinski definition) is 4. The topological polar surface area (TPSA) is 52.1 Å². The molecule has 0 spiro atoms. The molecule has 1 aromatic heterocycles. The highest BCUT2D eigenvalue weighted by Crippen LogP contribution is 2.03. The minimum atomic E-state index is -0.304. The van der Waals surface area contributed by atoms with Crippen LogP contribution in [-0.4, -0.2) is 15.9 Å². The van der Waals surface area contributed by atoms with Crippen molar-refractivity contribution in [3.8, 4) is 0 Å². The number of esters is 1. The van der Waals surface area contributed by atoms with Crippen LogP contribution in [0.25, 0.3) is 0 Å². The first kappa shape index (κ1) is 9.64. The summed E-state index contributed by atoms with van der Waals surface area (Å²) in [5, 5.41) is 0. The zero-order chi connectivity index (χ0) is 9.84. The summed E-state index contributed by atoms with van der Waals surface area (Å²) in [4.78, 5) is 18.8. The molecule has 13 heavy (non-hydrogen) atoms. The zero-order valence-corrected chi connectivity index (χ0v) is 8.00. The molecular formula is C9H12N2O2. The van der Waals surface area contributed by atoms with Crippen LogP contribution in [0.1, 0.15) is 24.0 Å². The smallest absolute Gasteiger partial charge is 0.303 e. The van der Waals surface area contributed by atoms with Crippen molar-refractivity contribution < 1.29 is 9.53 Å². The van der Waals surface area contributed by atoms with Gasteiger partial charge >= 0.3 is 5.97 Å². The Morgan fingerprint density at radius 3 is 2.77 bits per heavy atom. The summed E-state index contributed by atoms with van der Waals surface area (Å²) in [6, 6.07) is 0. The van der Waals surface area contributed by atoms with E-state index in [0.29, 0.717) is 5.69 Å². The molecule has 0 atom stereocenters. The summed E-state index contributed by atoms with van der Waals surface area (Å²) in [6.07, 6.45) is 1.66. The van der Waals surface area contributed by atoms with E-state index in [9.17, 15) is 4.79 Å². The Morgan fingerprint density at radius 1 is 1.54 bits per heavy atom. The summed E-state index contributed by atoms with van der Waals surface area (Å²) >= 11 is 0. The van der Waals surface area contributed by atoms with Crippen molar-refractivity contribution in [2.75, 3.05) is 0 Å². The second-order valence-corrected chi connectivity index (χ2v) is 2.82. The van der Waals surface area contributed by atoms with Crippen molar-refractivity contribution >= 4 is 5.97 Å². The highest BCUT2D eigenvalue weighted by molar-refractivity contribution is 5.65. The van der Waals surface area contributed by atoms with Gasteiger partial charge in [0.05, 0.1) is 17.1 Å². The Hall–Kier alpha value is -1.45. The number of carbonyl (C=O) groups excluding carboxylic acids is 1. The van der Waals surface area contributed by atoms with Gasteiger partial charge in [-0.05, 0) is 13.8 Å². The molecule has 0 aliphatic carbocycles. The van der Waals surface area contributed by atoms with Gasteiger partial charge in [-0.3, -0.25) is 14.8 Å².